The first-order valence-corrected chi connectivity index (χ1v) is 7.61. The van der Waals surface area contributed by atoms with Gasteiger partial charge in [0.05, 0.1) is 9.92 Å². The number of ether oxygens (including phenoxy) is 1. The van der Waals surface area contributed by atoms with Crippen LogP contribution in [0.2, 0.25) is 5.02 Å². The molecule has 0 amide bonds. The molecule has 0 saturated carbocycles. The normalized spacial score (nSPS) is 11.8. The van der Waals surface area contributed by atoms with Crippen LogP contribution >= 0.6 is 11.6 Å². The summed E-state index contributed by atoms with van der Waals surface area (Å²) in [7, 11) is -1.95. The Morgan fingerprint density at radius 2 is 2.05 bits per heavy atom. The van der Waals surface area contributed by atoms with Gasteiger partial charge >= 0.3 is 6.61 Å². The Morgan fingerprint density at radius 3 is 2.60 bits per heavy atom. The molecule has 0 aliphatic carbocycles. The van der Waals surface area contributed by atoms with Gasteiger partial charge in [0.25, 0.3) is 0 Å². The largest absolute Gasteiger partial charge is 0.433 e. The molecule has 0 aliphatic rings. The van der Waals surface area contributed by atoms with E-state index in [9.17, 15) is 17.2 Å². The molecule has 0 unspecified atom stereocenters. The fraction of sp³-hybridized carbons (Fsp3) is 0.455. The van der Waals surface area contributed by atoms with Gasteiger partial charge in [-0.2, -0.15) is 8.78 Å². The number of halogens is 3. The lowest BCUT2D eigenvalue weighted by molar-refractivity contribution is -0.0498. The van der Waals surface area contributed by atoms with Gasteiger partial charge in [-0.1, -0.05) is 11.6 Å². The predicted molar refractivity (Wildman–Crippen MR) is 71.8 cm³/mol. The second-order valence-corrected chi connectivity index (χ2v) is 6.00. The first-order chi connectivity index (χ1) is 9.36. The van der Waals surface area contributed by atoms with E-state index in [0.717, 1.165) is 18.2 Å². The molecule has 0 spiro atoms. The number of nitrogens with one attached hydrogen (secondary N) is 2. The third-order valence-corrected chi connectivity index (χ3v) is 4.08. The Labute approximate surface area is 121 Å². The van der Waals surface area contributed by atoms with Crippen molar-refractivity contribution in [1.82, 2.24) is 10.0 Å². The van der Waals surface area contributed by atoms with Crippen molar-refractivity contribution in [1.29, 1.82) is 0 Å². The molecule has 114 valence electrons. The highest BCUT2D eigenvalue weighted by Gasteiger charge is 2.16. The molecule has 20 heavy (non-hydrogen) atoms. The molecule has 9 heteroatoms. The lowest BCUT2D eigenvalue weighted by Gasteiger charge is -2.10. The standard InChI is InChI=1S/C11H15ClF2N2O3S/c1-15-5-2-6-16-20(17,18)8-3-4-10(9(12)7-8)19-11(13)14/h3-4,7,11,15-16H,2,5-6H2,1H3. The SMILES string of the molecule is CNCCCNS(=O)(=O)c1ccc(OC(F)F)c(Cl)c1. The molecule has 0 aliphatic heterocycles. The quantitative estimate of drug-likeness (QED) is 0.714. The van der Waals surface area contributed by atoms with Gasteiger partial charge in [0.15, 0.2) is 0 Å². The Balaban J connectivity index is 2.78. The topological polar surface area (TPSA) is 67.4 Å². The van der Waals surface area contributed by atoms with Gasteiger partial charge in [0.2, 0.25) is 10.0 Å². The highest BCUT2D eigenvalue weighted by Crippen LogP contribution is 2.28. The van der Waals surface area contributed by atoms with Gasteiger partial charge in [0, 0.05) is 6.54 Å². The number of hydrogen-bond acceptors (Lipinski definition) is 4. The van der Waals surface area contributed by atoms with Crippen LogP contribution in [-0.4, -0.2) is 35.2 Å². The van der Waals surface area contributed by atoms with Gasteiger partial charge in [-0.25, -0.2) is 13.1 Å². The number of alkyl halides is 2. The monoisotopic (exact) mass is 328 g/mol. The van der Waals surface area contributed by atoms with E-state index >= 15 is 0 Å². The highest BCUT2D eigenvalue weighted by atomic mass is 35.5. The minimum Gasteiger partial charge on any atom is -0.433 e. The Bertz CT molecular complexity index is 540. The summed E-state index contributed by atoms with van der Waals surface area (Å²) >= 11 is 5.70. The number of hydrogen-bond donors (Lipinski definition) is 2. The zero-order valence-corrected chi connectivity index (χ0v) is 12.3. The van der Waals surface area contributed by atoms with Crippen LogP contribution in [-0.2, 0) is 10.0 Å². The highest BCUT2D eigenvalue weighted by molar-refractivity contribution is 7.89. The van der Waals surface area contributed by atoms with Gasteiger partial charge in [-0.05, 0) is 38.2 Å². The second-order valence-electron chi connectivity index (χ2n) is 3.83. The fourth-order valence-corrected chi connectivity index (χ4v) is 2.79. The van der Waals surface area contributed by atoms with Crippen molar-refractivity contribution in [3.63, 3.8) is 0 Å². The first kappa shape index (κ1) is 17.1. The van der Waals surface area contributed by atoms with Crippen LogP contribution in [0.3, 0.4) is 0 Å². The average Bonchev–Trinajstić information content (AvgIpc) is 2.36. The van der Waals surface area contributed by atoms with Crippen molar-refractivity contribution in [3.05, 3.63) is 23.2 Å². The van der Waals surface area contributed by atoms with E-state index in [2.05, 4.69) is 14.8 Å². The van der Waals surface area contributed by atoms with E-state index < -0.39 is 16.6 Å². The Morgan fingerprint density at radius 1 is 1.35 bits per heavy atom. The molecule has 0 heterocycles. The lowest BCUT2D eigenvalue weighted by atomic mass is 10.3. The van der Waals surface area contributed by atoms with E-state index in [1.165, 1.54) is 0 Å². The molecular formula is C11H15ClF2N2O3S. The minimum absolute atomic E-state index is 0.103. The second kappa shape index (κ2) is 7.72. The summed E-state index contributed by atoms with van der Waals surface area (Å²) in [5.74, 6) is -0.268. The molecule has 0 fully saturated rings. The molecule has 1 aromatic carbocycles. The zero-order chi connectivity index (χ0) is 15.2. The molecule has 0 bridgehead atoms. The minimum atomic E-state index is -3.71. The van der Waals surface area contributed by atoms with E-state index in [0.29, 0.717) is 13.0 Å². The van der Waals surface area contributed by atoms with Crippen molar-refractivity contribution in [3.8, 4) is 5.75 Å². The third kappa shape index (κ3) is 5.20. The van der Waals surface area contributed by atoms with Crippen LogP contribution in [0.5, 0.6) is 5.75 Å². The van der Waals surface area contributed by atoms with Crippen LogP contribution in [0.15, 0.2) is 23.1 Å². The number of sulfonamides is 1. The van der Waals surface area contributed by atoms with Crippen molar-refractivity contribution in [2.24, 2.45) is 0 Å². The summed E-state index contributed by atoms with van der Waals surface area (Å²) in [5.41, 5.74) is 0. The lowest BCUT2D eigenvalue weighted by Crippen LogP contribution is -2.26. The molecule has 2 N–H and O–H groups in total. The summed E-state index contributed by atoms with van der Waals surface area (Å²) < 4.78 is 54.4. The summed E-state index contributed by atoms with van der Waals surface area (Å²) in [4.78, 5) is -0.103. The van der Waals surface area contributed by atoms with Crippen molar-refractivity contribution in [2.45, 2.75) is 17.9 Å². The average molecular weight is 329 g/mol. The zero-order valence-electron chi connectivity index (χ0n) is 10.7. The Hall–Kier alpha value is -0.960. The van der Waals surface area contributed by atoms with Crippen molar-refractivity contribution < 1.29 is 21.9 Å². The van der Waals surface area contributed by atoms with Crippen LogP contribution in [0.1, 0.15) is 6.42 Å². The molecule has 5 nitrogen and oxygen atoms in total. The summed E-state index contributed by atoms with van der Waals surface area (Å²) in [6.07, 6.45) is 0.621. The maximum atomic E-state index is 12.1. The van der Waals surface area contributed by atoms with E-state index in [-0.39, 0.29) is 22.2 Å². The number of benzene rings is 1. The molecule has 0 saturated heterocycles. The number of rotatable bonds is 8. The van der Waals surface area contributed by atoms with Gasteiger partial charge in [-0.15, -0.1) is 0 Å². The Kier molecular flexibility index (Phi) is 6.60. The molecule has 0 aromatic heterocycles. The van der Waals surface area contributed by atoms with Crippen LogP contribution < -0.4 is 14.8 Å². The van der Waals surface area contributed by atoms with Gasteiger partial charge < -0.3 is 10.1 Å². The fourth-order valence-electron chi connectivity index (χ4n) is 1.40. The van der Waals surface area contributed by atoms with Crippen LogP contribution in [0, 0.1) is 0 Å². The third-order valence-electron chi connectivity index (χ3n) is 2.33. The summed E-state index contributed by atoms with van der Waals surface area (Å²) in [6, 6.07) is 3.32. The van der Waals surface area contributed by atoms with Gasteiger partial charge in [0.1, 0.15) is 5.75 Å². The smallest absolute Gasteiger partial charge is 0.387 e. The van der Waals surface area contributed by atoms with E-state index in [1.54, 1.807) is 7.05 Å². The van der Waals surface area contributed by atoms with Gasteiger partial charge in [-0.3, -0.25) is 0 Å². The molecule has 0 atom stereocenters. The van der Waals surface area contributed by atoms with Crippen LogP contribution in [0.25, 0.3) is 0 Å². The van der Waals surface area contributed by atoms with Crippen molar-refractivity contribution >= 4 is 21.6 Å². The molecule has 1 rings (SSSR count). The molecule has 1 aromatic rings. The summed E-state index contributed by atoms with van der Waals surface area (Å²) in [6.45, 7) is -2.09. The summed E-state index contributed by atoms with van der Waals surface area (Å²) in [5, 5.41) is 2.69. The van der Waals surface area contributed by atoms with E-state index in [1.807, 2.05) is 0 Å². The van der Waals surface area contributed by atoms with Crippen LogP contribution in [0.4, 0.5) is 8.78 Å². The first-order valence-electron chi connectivity index (χ1n) is 5.75. The van der Waals surface area contributed by atoms with Crippen molar-refractivity contribution in [2.75, 3.05) is 20.1 Å². The molecular weight excluding hydrogens is 314 g/mol. The maximum absolute atomic E-state index is 12.1. The molecule has 0 radical (unpaired) electrons. The maximum Gasteiger partial charge on any atom is 0.387 e. The predicted octanol–water partition coefficient (Wildman–Crippen LogP) is 1.83. The van der Waals surface area contributed by atoms with E-state index in [4.69, 9.17) is 11.6 Å².